The van der Waals surface area contributed by atoms with E-state index in [2.05, 4.69) is 55.2 Å². The summed E-state index contributed by atoms with van der Waals surface area (Å²) in [7, 11) is 0. The highest BCUT2D eigenvalue weighted by Crippen LogP contribution is 2.31. The number of barbiturate groups is 2. The van der Waals surface area contributed by atoms with Gasteiger partial charge in [0.1, 0.15) is 10.8 Å². The Morgan fingerprint density at radius 2 is 1.17 bits per heavy atom. The van der Waals surface area contributed by atoms with Gasteiger partial charge in [-0.25, -0.2) is 15.0 Å². The summed E-state index contributed by atoms with van der Waals surface area (Å²) in [4.78, 5) is 72.4. The summed E-state index contributed by atoms with van der Waals surface area (Å²) in [6.07, 6.45) is 2.34. The van der Waals surface area contributed by atoms with Crippen LogP contribution < -0.4 is 32.4 Å². The van der Waals surface area contributed by atoms with Crippen molar-refractivity contribution in [2.45, 2.75) is 39.5 Å². The summed E-state index contributed by atoms with van der Waals surface area (Å²) in [6.45, 7) is 10.1. The first-order valence-electron chi connectivity index (χ1n) is 10.6. The van der Waals surface area contributed by atoms with E-state index in [-0.39, 0.29) is 43.1 Å². The van der Waals surface area contributed by atoms with Gasteiger partial charge in [0.15, 0.2) is 0 Å². The zero-order chi connectivity index (χ0) is 27.1. The second kappa shape index (κ2) is 11.2. The number of carbonyl (C=O) groups is 6. The molecule has 15 heteroatoms. The van der Waals surface area contributed by atoms with Crippen molar-refractivity contribution in [1.29, 1.82) is 0 Å². The molecule has 2 aliphatic rings. The quantitative estimate of drug-likeness (QED) is 0.0734. The van der Waals surface area contributed by atoms with Crippen molar-refractivity contribution in [2.75, 3.05) is 0 Å². The molecule has 0 unspecified atom stereocenters. The number of nitrogens with two attached hydrogens (primary N) is 1. The van der Waals surface area contributed by atoms with E-state index in [0.29, 0.717) is 0 Å². The molecule has 0 spiro atoms. The van der Waals surface area contributed by atoms with Gasteiger partial charge in [0, 0.05) is 24.3 Å². The summed E-state index contributed by atoms with van der Waals surface area (Å²) in [5.74, 6) is -3.40. The maximum absolute atomic E-state index is 12.4. The molecule has 8 amide bonds. The molecule has 2 heterocycles. The Bertz CT molecular complexity index is 1080. The van der Waals surface area contributed by atoms with Crippen molar-refractivity contribution in [1.82, 2.24) is 26.7 Å². The fourth-order valence-electron chi connectivity index (χ4n) is 3.75. The molecule has 0 aromatic carbocycles. The lowest BCUT2D eigenvalue weighted by molar-refractivity contribution is -0.145. The van der Waals surface area contributed by atoms with Gasteiger partial charge in [0.25, 0.3) is 0 Å². The van der Waals surface area contributed by atoms with E-state index >= 15 is 0 Å². The summed E-state index contributed by atoms with van der Waals surface area (Å²) in [6, 6.07) is -1.82. The van der Waals surface area contributed by atoms with Gasteiger partial charge >= 0.3 is 12.1 Å². The van der Waals surface area contributed by atoms with Crippen molar-refractivity contribution in [3.8, 4) is 0 Å². The molecule has 2 aliphatic heterocycles. The molecule has 2 rings (SSSR count). The highest BCUT2D eigenvalue weighted by molar-refractivity contribution is 6.21. The number of amides is 8. The number of hydrogen-bond donors (Lipinski definition) is 6. The standard InChI is InChI=1S/C21H27N9O6/c1-5-7-20(13(31)23-18(35)24-14(20)32)9-11(3)27-29-17(22)30-28-12(4)10-21(8-6-2)15(33)25-19(36)26-16(21)34/h5-6H,1-2,7-10H2,3-4H3,(H3,22,29,30)(H2,23,24,31,32,35)(H2,25,26,33,34,36)/b27-11+,28-12+. The molecule has 2 fully saturated rings. The monoisotopic (exact) mass is 501 g/mol. The van der Waals surface area contributed by atoms with Gasteiger partial charge in [-0.3, -0.25) is 40.4 Å². The van der Waals surface area contributed by atoms with E-state index in [9.17, 15) is 28.8 Å². The molecular formula is C21H27N9O6. The van der Waals surface area contributed by atoms with Crippen LogP contribution in [0.3, 0.4) is 0 Å². The third-order valence-electron chi connectivity index (χ3n) is 5.44. The van der Waals surface area contributed by atoms with E-state index in [4.69, 9.17) is 5.73 Å². The molecule has 0 aromatic rings. The Morgan fingerprint density at radius 3 is 1.56 bits per heavy atom. The van der Waals surface area contributed by atoms with E-state index in [1.807, 2.05) is 0 Å². The van der Waals surface area contributed by atoms with Gasteiger partial charge in [-0.2, -0.15) is 10.2 Å². The van der Waals surface area contributed by atoms with Crippen LogP contribution in [-0.2, 0) is 19.2 Å². The number of nitrogens with one attached hydrogen (secondary N) is 5. The van der Waals surface area contributed by atoms with Crippen LogP contribution in [0.4, 0.5) is 9.59 Å². The topological polar surface area (TPSA) is 226 Å². The predicted octanol–water partition coefficient (Wildman–Crippen LogP) is -0.720. The number of hydrazone groups is 1. The maximum Gasteiger partial charge on any atom is 0.328 e. The largest absolute Gasteiger partial charge is 0.367 e. The van der Waals surface area contributed by atoms with Crippen LogP contribution in [0.1, 0.15) is 39.5 Å². The van der Waals surface area contributed by atoms with Crippen LogP contribution in [0.15, 0.2) is 40.6 Å². The third kappa shape index (κ3) is 5.86. The fraction of sp³-hybridized carbons (Fsp3) is 0.381. The van der Waals surface area contributed by atoms with Crippen molar-refractivity contribution < 1.29 is 28.8 Å². The van der Waals surface area contributed by atoms with E-state index in [1.165, 1.54) is 26.0 Å². The molecule has 36 heavy (non-hydrogen) atoms. The second-order valence-corrected chi connectivity index (χ2v) is 8.26. The van der Waals surface area contributed by atoms with Crippen LogP contribution in [-0.4, -0.2) is 53.1 Å². The van der Waals surface area contributed by atoms with Crippen LogP contribution in [0.2, 0.25) is 0 Å². The lowest BCUT2D eigenvalue weighted by Gasteiger charge is -2.32. The van der Waals surface area contributed by atoms with E-state index in [1.54, 1.807) is 0 Å². The van der Waals surface area contributed by atoms with Gasteiger partial charge < -0.3 is 5.73 Å². The van der Waals surface area contributed by atoms with Gasteiger partial charge in [0.2, 0.25) is 29.6 Å². The van der Waals surface area contributed by atoms with Crippen LogP contribution in [0, 0.1) is 10.8 Å². The number of rotatable bonds is 10. The van der Waals surface area contributed by atoms with Gasteiger partial charge in [0.05, 0.1) is 0 Å². The summed E-state index contributed by atoms with van der Waals surface area (Å²) < 4.78 is 0. The zero-order valence-electron chi connectivity index (χ0n) is 19.8. The summed E-state index contributed by atoms with van der Waals surface area (Å²) in [5.41, 5.74) is 5.45. The minimum absolute atomic E-state index is 0.0446. The first-order chi connectivity index (χ1) is 16.9. The number of nitrogens with zero attached hydrogens (tertiary/aromatic N) is 3. The van der Waals surface area contributed by atoms with Crippen LogP contribution in [0.5, 0.6) is 0 Å². The molecule has 0 aliphatic carbocycles. The molecular weight excluding hydrogens is 474 g/mol. The Hall–Kier alpha value is -4.69. The minimum Gasteiger partial charge on any atom is -0.367 e. The summed E-state index contributed by atoms with van der Waals surface area (Å²) >= 11 is 0. The number of carbonyl (C=O) groups excluding carboxylic acids is 6. The van der Waals surface area contributed by atoms with Gasteiger partial charge in [-0.1, -0.05) is 12.2 Å². The average molecular weight is 502 g/mol. The molecule has 0 radical (unpaired) electrons. The molecule has 7 N–H and O–H groups in total. The van der Waals surface area contributed by atoms with Gasteiger partial charge in [-0.15, -0.1) is 18.3 Å². The number of urea groups is 2. The highest BCUT2D eigenvalue weighted by Gasteiger charge is 2.50. The Morgan fingerprint density at radius 1 is 0.778 bits per heavy atom. The Balaban J connectivity index is 2.13. The number of guanidine groups is 1. The smallest absolute Gasteiger partial charge is 0.328 e. The molecule has 2 saturated heterocycles. The van der Waals surface area contributed by atoms with E-state index in [0.717, 1.165) is 0 Å². The van der Waals surface area contributed by atoms with Crippen LogP contribution >= 0.6 is 0 Å². The number of imide groups is 4. The highest BCUT2D eigenvalue weighted by atomic mass is 16.2. The normalized spacial score (nSPS) is 20.1. The average Bonchev–Trinajstić information content (AvgIpc) is 2.78. The molecule has 0 aromatic heterocycles. The minimum atomic E-state index is -1.63. The lowest BCUT2D eigenvalue weighted by Crippen LogP contribution is -2.62. The molecule has 15 nitrogen and oxygen atoms in total. The third-order valence-corrected chi connectivity index (χ3v) is 5.44. The van der Waals surface area contributed by atoms with Crippen molar-refractivity contribution >= 4 is 53.1 Å². The lowest BCUT2D eigenvalue weighted by atomic mass is 9.76. The molecule has 0 atom stereocenters. The maximum atomic E-state index is 12.4. The molecule has 0 bridgehead atoms. The number of hydrogen-bond acceptors (Lipinski definition) is 9. The first-order valence-corrected chi connectivity index (χ1v) is 10.6. The van der Waals surface area contributed by atoms with E-state index < -0.39 is 46.5 Å². The SMILES string of the molecule is C=CCC1(C/C(C)=N/N=C(\N)N/N=C(\C)CC2(CC=C)C(=O)NC(=O)NC2=O)C(=O)NC(=O)NC1=O. The Labute approximate surface area is 205 Å². The molecule has 192 valence electrons. The van der Waals surface area contributed by atoms with Crippen LogP contribution in [0.25, 0.3) is 0 Å². The zero-order valence-corrected chi connectivity index (χ0v) is 19.8. The summed E-state index contributed by atoms with van der Waals surface area (Å²) in [5, 5.41) is 19.9. The predicted molar refractivity (Wildman–Crippen MR) is 128 cm³/mol. The second-order valence-electron chi connectivity index (χ2n) is 8.26. The van der Waals surface area contributed by atoms with Crippen molar-refractivity contribution in [2.24, 2.45) is 31.9 Å². The van der Waals surface area contributed by atoms with Crippen molar-refractivity contribution in [3.05, 3.63) is 25.3 Å². The first kappa shape index (κ1) is 27.6. The Kier molecular flexibility index (Phi) is 8.54. The fourth-order valence-corrected chi connectivity index (χ4v) is 3.75. The van der Waals surface area contributed by atoms with Crippen molar-refractivity contribution in [3.63, 3.8) is 0 Å². The number of allylic oxidation sites excluding steroid dienone is 2. The van der Waals surface area contributed by atoms with Gasteiger partial charge in [-0.05, 0) is 26.7 Å². The molecule has 0 saturated carbocycles.